The molecule has 2 aliphatic rings. The summed E-state index contributed by atoms with van der Waals surface area (Å²) >= 11 is 0. The topological polar surface area (TPSA) is 59.1 Å². The maximum atomic E-state index is 12.1. The van der Waals surface area contributed by atoms with Gasteiger partial charge in [-0.15, -0.1) is 0 Å². The summed E-state index contributed by atoms with van der Waals surface area (Å²) in [4.78, 5) is 27.0. The molecule has 0 bridgehead atoms. The molecule has 1 saturated carbocycles. The zero-order valence-corrected chi connectivity index (χ0v) is 13.4. The molecule has 1 aromatic rings. The van der Waals surface area contributed by atoms with Crippen LogP contribution in [0.5, 0.6) is 11.5 Å². The van der Waals surface area contributed by atoms with Gasteiger partial charge in [0, 0.05) is 6.04 Å². The van der Waals surface area contributed by atoms with Crippen molar-refractivity contribution in [2.45, 2.75) is 32.2 Å². The predicted octanol–water partition coefficient (Wildman–Crippen LogP) is 2.28. The first kappa shape index (κ1) is 15.6. The Hall–Kier alpha value is -2.24. The van der Waals surface area contributed by atoms with E-state index in [0.717, 1.165) is 25.0 Å². The van der Waals surface area contributed by atoms with Crippen LogP contribution < -0.4 is 9.47 Å². The summed E-state index contributed by atoms with van der Waals surface area (Å²) in [5, 5.41) is 0. The van der Waals surface area contributed by atoms with Crippen LogP contribution in [0.25, 0.3) is 0 Å². The van der Waals surface area contributed by atoms with Gasteiger partial charge in [0.05, 0.1) is 13.2 Å². The quantitative estimate of drug-likeness (QED) is 0.690. The summed E-state index contributed by atoms with van der Waals surface area (Å²) in [5.41, 5.74) is 0. The molecule has 1 heterocycles. The van der Waals surface area contributed by atoms with Crippen molar-refractivity contribution in [3.63, 3.8) is 0 Å². The lowest BCUT2D eigenvalue weighted by atomic mass is 10.3. The summed E-state index contributed by atoms with van der Waals surface area (Å²) in [6.07, 6.45) is 2.99. The minimum Gasteiger partial charge on any atom is -0.494 e. The van der Waals surface area contributed by atoms with Crippen LogP contribution in [0.2, 0.25) is 0 Å². The van der Waals surface area contributed by atoms with Crippen molar-refractivity contribution in [2.24, 2.45) is 0 Å². The molecule has 0 spiro atoms. The molecule has 1 aromatic carbocycles. The molecule has 6 nitrogen and oxygen atoms in total. The molecule has 1 aliphatic heterocycles. The molecule has 0 atom stereocenters. The summed E-state index contributed by atoms with van der Waals surface area (Å²) < 4.78 is 11.1. The van der Waals surface area contributed by atoms with Gasteiger partial charge in [0.15, 0.2) is 0 Å². The predicted molar refractivity (Wildman–Crippen MR) is 84.6 cm³/mol. The molecule has 0 aromatic heterocycles. The van der Waals surface area contributed by atoms with Gasteiger partial charge in [-0.3, -0.25) is 9.69 Å². The number of rotatable bonds is 8. The molecule has 1 aliphatic carbocycles. The van der Waals surface area contributed by atoms with Gasteiger partial charge in [0.25, 0.3) is 0 Å². The molecular weight excluding hydrogens is 296 g/mol. The molecule has 0 radical (unpaired) electrons. The highest BCUT2D eigenvalue weighted by Gasteiger charge is 2.43. The first-order valence-electron chi connectivity index (χ1n) is 8.15. The molecule has 0 unspecified atom stereocenters. The molecule has 6 heteroatoms. The van der Waals surface area contributed by atoms with E-state index in [1.165, 1.54) is 4.90 Å². The van der Waals surface area contributed by atoms with Crippen molar-refractivity contribution in [3.05, 3.63) is 24.3 Å². The Morgan fingerprint density at radius 1 is 1.04 bits per heavy atom. The van der Waals surface area contributed by atoms with E-state index < -0.39 is 0 Å². The number of amides is 3. The zero-order valence-electron chi connectivity index (χ0n) is 13.4. The normalized spacial score (nSPS) is 17.8. The molecular formula is C17H22N2O4. The number of benzene rings is 1. The van der Waals surface area contributed by atoms with Crippen LogP contribution in [0.4, 0.5) is 4.79 Å². The van der Waals surface area contributed by atoms with Gasteiger partial charge in [0.1, 0.15) is 24.7 Å². The van der Waals surface area contributed by atoms with Gasteiger partial charge in [-0.25, -0.2) is 4.79 Å². The van der Waals surface area contributed by atoms with Crippen LogP contribution in [-0.4, -0.2) is 54.1 Å². The number of imide groups is 1. The standard InChI is InChI=1S/C17H22N2O4/c1-2-10-22-14-5-7-15(8-6-14)23-11-9-18-16(20)12-19(17(18)21)13-3-4-13/h5-8,13H,2-4,9-12H2,1H3. The Morgan fingerprint density at radius 3 is 2.22 bits per heavy atom. The van der Waals surface area contributed by atoms with Crippen molar-refractivity contribution < 1.29 is 19.1 Å². The van der Waals surface area contributed by atoms with E-state index in [1.807, 2.05) is 24.3 Å². The average Bonchev–Trinajstić information content (AvgIpc) is 3.36. The van der Waals surface area contributed by atoms with E-state index in [2.05, 4.69) is 6.92 Å². The van der Waals surface area contributed by atoms with Crippen molar-refractivity contribution >= 4 is 11.9 Å². The van der Waals surface area contributed by atoms with Crippen LogP contribution in [0, 0.1) is 0 Å². The highest BCUT2D eigenvalue weighted by atomic mass is 16.5. The third-order valence-electron chi connectivity index (χ3n) is 3.95. The molecule has 3 amide bonds. The van der Waals surface area contributed by atoms with Crippen LogP contribution in [0.15, 0.2) is 24.3 Å². The SMILES string of the molecule is CCCOc1ccc(OCCN2C(=O)CN(C3CC3)C2=O)cc1. The lowest BCUT2D eigenvalue weighted by Gasteiger charge is -2.16. The van der Waals surface area contributed by atoms with Crippen LogP contribution in [0.1, 0.15) is 26.2 Å². The van der Waals surface area contributed by atoms with Crippen LogP contribution in [-0.2, 0) is 4.79 Å². The summed E-state index contributed by atoms with van der Waals surface area (Å²) in [6, 6.07) is 7.46. The smallest absolute Gasteiger partial charge is 0.327 e. The number of urea groups is 1. The molecule has 23 heavy (non-hydrogen) atoms. The third-order valence-corrected chi connectivity index (χ3v) is 3.95. The van der Waals surface area contributed by atoms with Crippen LogP contribution in [0.3, 0.4) is 0 Å². The highest BCUT2D eigenvalue weighted by molar-refractivity contribution is 6.02. The van der Waals surface area contributed by atoms with Gasteiger partial charge in [-0.05, 0) is 43.5 Å². The summed E-state index contributed by atoms with van der Waals surface area (Å²) in [6.45, 7) is 3.55. The van der Waals surface area contributed by atoms with Gasteiger partial charge < -0.3 is 14.4 Å². The zero-order chi connectivity index (χ0) is 16.2. The van der Waals surface area contributed by atoms with Crippen molar-refractivity contribution in [3.8, 4) is 11.5 Å². The van der Waals surface area contributed by atoms with Crippen LogP contribution >= 0.6 is 0 Å². The lowest BCUT2D eigenvalue weighted by Crippen LogP contribution is -2.36. The van der Waals surface area contributed by atoms with E-state index in [4.69, 9.17) is 9.47 Å². The first-order chi connectivity index (χ1) is 11.2. The molecule has 1 saturated heterocycles. The summed E-state index contributed by atoms with van der Waals surface area (Å²) in [7, 11) is 0. The number of hydrogen-bond acceptors (Lipinski definition) is 4. The van der Waals surface area contributed by atoms with Gasteiger partial charge in [-0.1, -0.05) is 6.92 Å². The van der Waals surface area contributed by atoms with E-state index in [1.54, 1.807) is 4.90 Å². The van der Waals surface area contributed by atoms with Gasteiger partial charge >= 0.3 is 6.03 Å². The monoisotopic (exact) mass is 318 g/mol. The highest BCUT2D eigenvalue weighted by Crippen LogP contribution is 2.30. The Morgan fingerprint density at radius 2 is 1.65 bits per heavy atom. The van der Waals surface area contributed by atoms with Gasteiger partial charge in [-0.2, -0.15) is 0 Å². The fourth-order valence-corrected chi connectivity index (χ4v) is 2.56. The van der Waals surface area contributed by atoms with E-state index in [9.17, 15) is 9.59 Å². The minimum atomic E-state index is -0.176. The summed E-state index contributed by atoms with van der Waals surface area (Å²) in [5.74, 6) is 1.38. The molecule has 3 rings (SSSR count). The number of nitrogens with zero attached hydrogens (tertiary/aromatic N) is 2. The van der Waals surface area contributed by atoms with E-state index in [-0.39, 0.29) is 31.1 Å². The largest absolute Gasteiger partial charge is 0.494 e. The van der Waals surface area contributed by atoms with E-state index in [0.29, 0.717) is 19.0 Å². The second kappa shape index (κ2) is 6.89. The third kappa shape index (κ3) is 3.75. The number of hydrogen-bond donors (Lipinski definition) is 0. The van der Waals surface area contributed by atoms with Gasteiger partial charge in [0.2, 0.25) is 5.91 Å². The van der Waals surface area contributed by atoms with Crippen molar-refractivity contribution in [2.75, 3.05) is 26.3 Å². The number of carbonyl (C=O) groups excluding carboxylic acids is 2. The average molecular weight is 318 g/mol. The Bertz CT molecular complexity index is 568. The molecule has 0 N–H and O–H groups in total. The second-order valence-electron chi connectivity index (χ2n) is 5.86. The molecule has 124 valence electrons. The van der Waals surface area contributed by atoms with Crippen molar-refractivity contribution in [1.82, 2.24) is 9.80 Å². The Kier molecular flexibility index (Phi) is 4.69. The minimum absolute atomic E-state index is 0.131. The van der Waals surface area contributed by atoms with E-state index >= 15 is 0 Å². The number of carbonyl (C=O) groups is 2. The number of ether oxygens (including phenoxy) is 2. The maximum absolute atomic E-state index is 12.1. The fourth-order valence-electron chi connectivity index (χ4n) is 2.56. The lowest BCUT2D eigenvalue weighted by molar-refractivity contribution is -0.125. The van der Waals surface area contributed by atoms with Crippen molar-refractivity contribution in [1.29, 1.82) is 0 Å². The Labute approximate surface area is 136 Å². The maximum Gasteiger partial charge on any atom is 0.327 e. The fraction of sp³-hybridized carbons (Fsp3) is 0.529. The molecule has 2 fully saturated rings. The first-order valence-corrected chi connectivity index (χ1v) is 8.15. The Balaban J connectivity index is 1.45. The second-order valence-corrected chi connectivity index (χ2v) is 5.86.